The number of fused-ring (bicyclic) bond motifs is 3. The van der Waals surface area contributed by atoms with Crippen molar-refractivity contribution in [2.45, 2.75) is 26.0 Å². The monoisotopic (exact) mass is 476 g/mol. The lowest BCUT2D eigenvalue weighted by atomic mass is 9.97. The van der Waals surface area contributed by atoms with Crippen LogP contribution in [0.5, 0.6) is 5.88 Å². The summed E-state index contributed by atoms with van der Waals surface area (Å²) in [5.41, 5.74) is 8.52. The number of nitrogen functional groups attached to an aromatic ring is 1. The van der Waals surface area contributed by atoms with Crippen LogP contribution in [-0.4, -0.2) is 50.1 Å². The zero-order valence-electron chi connectivity index (χ0n) is 18.7. The number of benzene rings is 1. The zero-order valence-corrected chi connectivity index (χ0v) is 18.7. The molecule has 5 heterocycles. The van der Waals surface area contributed by atoms with Gasteiger partial charge in [0.2, 0.25) is 5.88 Å². The Morgan fingerprint density at radius 3 is 3.03 bits per heavy atom. The molecule has 12 heteroatoms. The summed E-state index contributed by atoms with van der Waals surface area (Å²) in [6.45, 7) is 3.47. The van der Waals surface area contributed by atoms with E-state index in [1.165, 1.54) is 12.5 Å². The molecular weight excluding hydrogens is 455 g/mol. The van der Waals surface area contributed by atoms with E-state index < -0.39 is 11.9 Å². The van der Waals surface area contributed by atoms with Gasteiger partial charge in [0, 0.05) is 41.9 Å². The van der Waals surface area contributed by atoms with Crippen LogP contribution in [0.15, 0.2) is 30.9 Å². The molecule has 1 atom stereocenters. The number of hydrogen-bond acceptors (Lipinski definition) is 9. The molecule has 0 aliphatic carbocycles. The second kappa shape index (κ2) is 8.08. The summed E-state index contributed by atoms with van der Waals surface area (Å²) in [5.74, 6) is 0.949. The Morgan fingerprint density at radius 1 is 1.29 bits per heavy atom. The van der Waals surface area contributed by atoms with Crippen molar-refractivity contribution < 1.29 is 18.7 Å². The van der Waals surface area contributed by atoms with Crippen molar-refractivity contribution in [1.82, 2.24) is 24.7 Å². The molecule has 0 bridgehead atoms. The van der Waals surface area contributed by atoms with Gasteiger partial charge in [-0.15, -0.1) is 0 Å². The lowest BCUT2D eigenvalue weighted by molar-refractivity contribution is 0.109. The highest BCUT2D eigenvalue weighted by molar-refractivity contribution is 5.99. The number of pyridine rings is 2. The average molecular weight is 476 g/mol. The van der Waals surface area contributed by atoms with E-state index in [0.29, 0.717) is 53.9 Å². The molecule has 4 N–H and O–H groups in total. The summed E-state index contributed by atoms with van der Waals surface area (Å²) in [4.78, 5) is 25.1. The number of aromatic nitrogens is 5. The molecule has 0 unspecified atom stereocenters. The van der Waals surface area contributed by atoms with Gasteiger partial charge >= 0.3 is 6.09 Å². The van der Waals surface area contributed by atoms with Crippen LogP contribution in [0.4, 0.5) is 26.4 Å². The van der Waals surface area contributed by atoms with E-state index in [0.717, 1.165) is 17.1 Å². The van der Waals surface area contributed by atoms with Crippen molar-refractivity contribution in [3.05, 3.63) is 48.1 Å². The summed E-state index contributed by atoms with van der Waals surface area (Å²) < 4.78 is 28.1. The van der Waals surface area contributed by atoms with E-state index in [2.05, 4.69) is 30.7 Å². The third-order valence-corrected chi connectivity index (χ3v) is 6.22. The summed E-state index contributed by atoms with van der Waals surface area (Å²) >= 11 is 0. The number of halogens is 1. The van der Waals surface area contributed by atoms with Crippen molar-refractivity contribution in [1.29, 1.82) is 0 Å². The van der Waals surface area contributed by atoms with E-state index in [9.17, 15) is 4.79 Å². The maximum absolute atomic E-state index is 15.3. The average Bonchev–Trinajstić information content (AvgIpc) is 3.44. The molecule has 2 aliphatic heterocycles. The lowest BCUT2D eigenvalue weighted by Gasteiger charge is -2.22. The normalized spacial score (nSPS) is 16.2. The van der Waals surface area contributed by atoms with Gasteiger partial charge in [0.15, 0.2) is 5.82 Å². The second-order valence-corrected chi connectivity index (χ2v) is 8.41. The number of anilines is 3. The predicted octanol–water partition coefficient (Wildman–Crippen LogP) is 2.90. The molecule has 2 aliphatic rings. The smallest absolute Gasteiger partial charge is 0.413 e. The Bertz CT molecular complexity index is 1470. The van der Waals surface area contributed by atoms with Crippen LogP contribution in [0.1, 0.15) is 11.4 Å². The third-order valence-electron chi connectivity index (χ3n) is 6.22. The molecule has 0 fully saturated rings. The number of carbonyl (C=O) groups excluding carboxylic acids is 1. The summed E-state index contributed by atoms with van der Waals surface area (Å²) in [6.07, 6.45) is 3.95. The van der Waals surface area contributed by atoms with E-state index in [1.54, 1.807) is 23.0 Å². The first kappa shape index (κ1) is 21.1. The molecule has 11 nitrogen and oxygen atoms in total. The Balaban J connectivity index is 1.29. The minimum atomic E-state index is -0.649. The Kier molecular flexibility index (Phi) is 4.87. The first-order valence-electron chi connectivity index (χ1n) is 11.1. The van der Waals surface area contributed by atoms with Crippen LogP contribution in [-0.2, 0) is 17.7 Å². The Hall–Kier alpha value is -4.48. The lowest BCUT2D eigenvalue weighted by Crippen LogP contribution is -2.24. The number of carbonyl (C=O) groups is 1. The highest BCUT2D eigenvalue weighted by atomic mass is 19.1. The van der Waals surface area contributed by atoms with Gasteiger partial charge in [-0.3, -0.25) is 5.32 Å². The standard InChI is InChI=1S/C23H21FN8O3/c1-11-15(7-28-22-21(11)26-2-3-34-22)14-4-12-5-17(27-8-16(12)20(25)19(14)24)31-23(33)35-13-6-18-29-10-30-32(18)9-13/h4-5,7-8,10,13,26H,2-3,6,9,25H2,1H3,(H,27,31,33)/t13-/m1/s1. The van der Waals surface area contributed by atoms with E-state index in [-0.39, 0.29) is 17.6 Å². The summed E-state index contributed by atoms with van der Waals surface area (Å²) in [6, 6.07) is 3.29. The SMILES string of the molecule is Cc1c(-c2cc3cc(NC(=O)O[C@@H]4Cc5ncnn5C4)ncc3c(N)c2F)cnc2c1NCCO2. The van der Waals surface area contributed by atoms with Crippen LogP contribution in [0.25, 0.3) is 21.9 Å². The van der Waals surface area contributed by atoms with E-state index in [1.807, 2.05) is 6.92 Å². The number of nitrogens with zero attached hydrogens (tertiary/aromatic N) is 5. The van der Waals surface area contributed by atoms with Crippen molar-refractivity contribution in [2.75, 3.05) is 29.5 Å². The summed E-state index contributed by atoms with van der Waals surface area (Å²) in [7, 11) is 0. The fourth-order valence-corrected chi connectivity index (χ4v) is 4.48. The fraction of sp³-hybridized carbons (Fsp3) is 0.261. The topological polar surface area (TPSA) is 142 Å². The van der Waals surface area contributed by atoms with Crippen molar-refractivity contribution in [3.8, 4) is 17.0 Å². The minimum Gasteiger partial charge on any atom is -0.474 e. The van der Waals surface area contributed by atoms with Crippen LogP contribution in [0, 0.1) is 12.7 Å². The Labute approximate surface area is 198 Å². The zero-order chi connectivity index (χ0) is 24.1. The van der Waals surface area contributed by atoms with Crippen LogP contribution < -0.4 is 21.1 Å². The molecule has 1 aromatic carbocycles. The second-order valence-electron chi connectivity index (χ2n) is 8.41. The van der Waals surface area contributed by atoms with Crippen molar-refractivity contribution in [2.24, 2.45) is 0 Å². The van der Waals surface area contributed by atoms with Gasteiger partial charge in [-0.05, 0) is 30.0 Å². The molecule has 1 amide bonds. The highest BCUT2D eigenvalue weighted by Crippen LogP contribution is 2.39. The number of hydrogen-bond donors (Lipinski definition) is 3. The molecule has 35 heavy (non-hydrogen) atoms. The number of nitrogens with two attached hydrogens (primary N) is 1. The molecule has 3 aromatic heterocycles. The van der Waals surface area contributed by atoms with E-state index >= 15 is 4.39 Å². The Morgan fingerprint density at radius 2 is 2.17 bits per heavy atom. The maximum Gasteiger partial charge on any atom is 0.413 e. The molecule has 0 saturated heterocycles. The van der Waals surface area contributed by atoms with Gasteiger partial charge in [-0.25, -0.2) is 28.8 Å². The van der Waals surface area contributed by atoms with Crippen LogP contribution in [0.2, 0.25) is 0 Å². The van der Waals surface area contributed by atoms with Crippen molar-refractivity contribution >= 4 is 34.1 Å². The molecule has 6 rings (SSSR count). The van der Waals surface area contributed by atoms with Gasteiger partial charge in [-0.1, -0.05) is 0 Å². The van der Waals surface area contributed by atoms with Gasteiger partial charge < -0.3 is 20.5 Å². The predicted molar refractivity (Wildman–Crippen MR) is 126 cm³/mol. The van der Waals surface area contributed by atoms with Crippen LogP contribution >= 0.6 is 0 Å². The summed E-state index contributed by atoms with van der Waals surface area (Å²) in [5, 5.41) is 11.0. The molecule has 4 aromatic rings. The third kappa shape index (κ3) is 3.63. The molecule has 0 spiro atoms. The number of rotatable bonds is 3. The highest BCUT2D eigenvalue weighted by Gasteiger charge is 2.26. The van der Waals surface area contributed by atoms with Gasteiger partial charge in [0.25, 0.3) is 0 Å². The molecule has 178 valence electrons. The van der Waals surface area contributed by atoms with Gasteiger partial charge in [-0.2, -0.15) is 5.10 Å². The van der Waals surface area contributed by atoms with Crippen LogP contribution in [0.3, 0.4) is 0 Å². The number of ether oxygens (including phenoxy) is 2. The largest absolute Gasteiger partial charge is 0.474 e. The first-order valence-corrected chi connectivity index (χ1v) is 11.1. The number of amides is 1. The van der Waals surface area contributed by atoms with Crippen molar-refractivity contribution in [3.63, 3.8) is 0 Å². The van der Waals surface area contributed by atoms with E-state index in [4.69, 9.17) is 15.2 Å². The van der Waals surface area contributed by atoms with Gasteiger partial charge in [0.1, 0.15) is 36.4 Å². The number of nitrogens with one attached hydrogen (secondary N) is 2. The minimum absolute atomic E-state index is 0.0340. The quantitative estimate of drug-likeness (QED) is 0.380. The van der Waals surface area contributed by atoms with Gasteiger partial charge in [0.05, 0.1) is 12.2 Å². The molecular formula is C23H21FN8O3. The fourth-order valence-electron chi connectivity index (χ4n) is 4.48. The molecule has 0 saturated carbocycles. The maximum atomic E-state index is 15.3. The first-order chi connectivity index (χ1) is 17.0. The molecule has 0 radical (unpaired) electrons.